The largest absolute Gasteiger partial charge is 0.474 e. The van der Waals surface area contributed by atoms with Crippen molar-refractivity contribution < 1.29 is 28.4 Å². The number of nitro groups is 1. The quantitative estimate of drug-likeness (QED) is 0.481. The number of rotatable bonds is 6. The van der Waals surface area contributed by atoms with Crippen LogP contribution in [0, 0.1) is 15.9 Å². The molecule has 9 heteroatoms. The lowest BCUT2D eigenvalue weighted by Crippen LogP contribution is -2.30. The average molecular weight is 362 g/mol. The van der Waals surface area contributed by atoms with E-state index in [0.717, 1.165) is 13.2 Å². The van der Waals surface area contributed by atoms with Crippen LogP contribution in [0.15, 0.2) is 42.5 Å². The van der Waals surface area contributed by atoms with Gasteiger partial charge in [-0.2, -0.15) is 0 Å². The fourth-order valence-corrected chi connectivity index (χ4v) is 2.05. The number of hydrogen-bond acceptors (Lipinski definition) is 6. The first-order chi connectivity index (χ1) is 12.3. The van der Waals surface area contributed by atoms with E-state index in [-0.39, 0.29) is 17.0 Å². The van der Waals surface area contributed by atoms with Crippen LogP contribution in [0.2, 0.25) is 0 Å². The zero-order valence-electron chi connectivity index (χ0n) is 13.9. The summed E-state index contributed by atoms with van der Waals surface area (Å²) >= 11 is 0. The molecule has 0 aliphatic rings. The van der Waals surface area contributed by atoms with Gasteiger partial charge in [0, 0.05) is 6.07 Å². The molecule has 0 aliphatic heterocycles. The molecular weight excluding hydrogens is 347 g/mol. The highest BCUT2D eigenvalue weighted by atomic mass is 19.1. The molecule has 0 unspecified atom stereocenters. The molecule has 0 aliphatic carbocycles. The van der Waals surface area contributed by atoms with E-state index in [2.05, 4.69) is 10.1 Å². The Morgan fingerprint density at radius 1 is 1.23 bits per heavy atom. The Bertz CT molecular complexity index is 855. The van der Waals surface area contributed by atoms with Gasteiger partial charge in [-0.1, -0.05) is 12.1 Å². The fourth-order valence-electron chi connectivity index (χ4n) is 2.05. The van der Waals surface area contributed by atoms with Crippen molar-refractivity contribution in [1.29, 1.82) is 0 Å². The number of para-hydroxylation sites is 1. The van der Waals surface area contributed by atoms with Crippen molar-refractivity contribution in [1.82, 2.24) is 0 Å². The van der Waals surface area contributed by atoms with Gasteiger partial charge in [-0.25, -0.2) is 9.18 Å². The third-order valence-electron chi connectivity index (χ3n) is 3.38. The van der Waals surface area contributed by atoms with Crippen LogP contribution >= 0.6 is 0 Å². The molecule has 2 aromatic carbocycles. The van der Waals surface area contributed by atoms with Crippen molar-refractivity contribution in [2.45, 2.75) is 13.0 Å². The number of nitro benzene ring substituents is 1. The molecule has 0 bridgehead atoms. The zero-order valence-corrected chi connectivity index (χ0v) is 13.9. The van der Waals surface area contributed by atoms with Crippen LogP contribution in [0.3, 0.4) is 0 Å². The minimum atomic E-state index is -1.16. The van der Waals surface area contributed by atoms with Crippen LogP contribution in [0.25, 0.3) is 0 Å². The Kier molecular flexibility index (Phi) is 5.84. The van der Waals surface area contributed by atoms with Gasteiger partial charge in [-0.15, -0.1) is 0 Å². The van der Waals surface area contributed by atoms with Gasteiger partial charge in [0.25, 0.3) is 5.91 Å². The highest BCUT2D eigenvalue weighted by Crippen LogP contribution is 2.29. The summed E-state index contributed by atoms with van der Waals surface area (Å²) in [6.45, 7) is 1.36. The topological polar surface area (TPSA) is 108 Å². The van der Waals surface area contributed by atoms with Gasteiger partial charge in [0.1, 0.15) is 5.82 Å². The third-order valence-corrected chi connectivity index (χ3v) is 3.38. The maximum absolute atomic E-state index is 13.6. The van der Waals surface area contributed by atoms with E-state index in [1.165, 1.54) is 37.3 Å². The lowest BCUT2D eigenvalue weighted by Gasteiger charge is -2.15. The van der Waals surface area contributed by atoms with Crippen LogP contribution in [0.1, 0.15) is 17.3 Å². The van der Waals surface area contributed by atoms with Gasteiger partial charge < -0.3 is 14.8 Å². The maximum atomic E-state index is 13.6. The molecule has 1 N–H and O–H groups in total. The van der Waals surface area contributed by atoms with Gasteiger partial charge in [-0.3, -0.25) is 14.9 Å². The number of halogens is 1. The Morgan fingerprint density at radius 2 is 1.92 bits per heavy atom. The number of nitrogens with one attached hydrogen (secondary N) is 1. The highest BCUT2D eigenvalue weighted by Gasteiger charge is 2.23. The van der Waals surface area contributed by atoms with E-state index in [0.29, 0.717) is 0 Å². The summed E-state index contributed by atoms with van der Waals surface area (Å²) in [5.74, 6) is -2.27. The third kappa shape index (κ3) is 4.32. The minimum Gasteiger partial charge on any atom is -0.474 e. The molecule has 0 aromatic heterocycles. The molecule has 0 spiro atoms. The van der Waals surface area contributed by atoms with Crippen molar-refractivity contribution in [3.63, 3.8) is 0 Å². The van der Waals surface area contributed by atoms with Crippen molar-refractivity contribution in [2.24, 2.45) is 0 Å². The second kappa shape index (κ2) is 8.06. The summed E-state index contributed by atoms with van der Waals surface area (Å²) in [7, 11) is 1.15. The second-order valence-electron chi connectivity index (χ2n) is 5.16. The van der Waals surface area contributed by atoms with E-state index in [1.807, 2.05) is 0 Å². The van der Waals surface area contributed by atoms with E-state index in [9.17, 15) is 24.1 Å². The summed E-state index contributed by atoms with van der Waals surface area (Å²) in [6.07, 6.45) is -1.16. The maximum Gasteiger partial charge on any atom is 0.338 e. The number of carbonyl (C=O) groups is 2. The molecule has 0 heterocycles. The highest BCUT2D eigenvalue weighted by molar-refractivity contribution is 5.94. The molecule has 26 heavy (non-hydrogen) atoms. The molecule has 2 rings (SSSR count). The first-order valence-electron chi connectivity index (χ1n) is 7.42. The number of nitrogens with zero attached hydrogens (tertiary/aromatic N) is 1. The van der Waals surface area contributed by atoms with Crippen molar-refractivity contribution in [3.05, 3.63) is 64.0 Å². The minimum absolute atomic E-state index is 0.0324. The lowest BCUT2D eigenvalue weighted by molar-refractivity contribution is -0.386. The predicted molar refractivity (Wildman–Crippen MR) is 89.6 cm³/mol. The molecule has 8 nitrogen and oxygen atoms in total. The molecule has 2 aromatic rings. The monoisotopic (exact) mass is 362 g/mol. The Labute approximate surface area is 147 Å². The van der Waals surface area contributed by atoms with Gasteiger partial charge in [0.05, 0.1) is 23.3 Å². The molecule has 136 valence electrons. The Balaban J connectivity index is 2.18. The number of methoxy groups -OCH3 is 1. The first kappa shape index (κ1) is 18.8. The van der Waals surface area contributed by atoms with Crippen LogP contribution < -0.4 is 10.1 Å². The number of esters is 1. The summed E-state index contributed by atoms with van der Waals surface area (Å²) in [6, 6.07) is 9.01. The summed E-state index contributed by atoms with van der Waals surface area (Å²) in [5.41, 5.74) is -0.572. The number of anilines is 1. The fraction of sp³-hybridized carbons (Fsp3) is 0.176. The van der Waals surface area contributed by atoms with Crippen LogP contribution in [0.5, 0.6) is 5.75 Å². The summed E-state index contributed by atoms with van der Waals surface area (Å²) < 4.78 is 23.4. The standard InChI is InChI=1S/C17H15FN2O6/c1-10(16(21)19-13-6-4-3-5-12(13)18)26-15-8-7-11(17(22)25-2)9-14(15)20(23)24/h3-10H,1-2H3,(H,19,21)/t10-/m1/s1. The lowest BCUT2D eigenvalue weighted by atomic mass is 10.2. The molecule has 0 radical (unpaired) electrons. The van der Waals surface area contributed by atoms with Crippen molar-refractivity contribution >= 4 is 23.3 Å². The van der Waals surface area contributed by atoms with E-state index < -0.39 is 34.4 Å². The molecule has 1 atom stereocenters. The molecule has 0 fully saturated rings. The second-order valence-corrected chi connectivity index (χ2v) is 5.16. The summed E-state index contributed by atoms with van der Waals surface area (Å²) in [5, 5.41) is 13.5. The average Bonchev–Trinajstić information content (AvgIpc) is 2.62. The van der Waals surface area contributed by atoms with E-state index in [4.69, 9.17) is 4.74 Å². The molecule has 0 saturated carbocycles. The Hall–Kier alpha value is -3.49. The van der Waals surface area contributed by atoms with Crippen molar-refractivity contribution in [3.8, 4) is 5.75 Å². The van der Waals surface area contributed by atoms with Gasteiger partial charge in [-0.05, 0) is 31.2 Å². The molecule has 1 amide bonds. The van der Waals surface area contributed by atoms with Gasteiger partial charge in [0.2, 0.25) is 0 Å². The van der Waals surface area contributed by atoms with Gasteiger partial charge >= 0.3 is 11.7 Å². The smallest absolute Gasteiger partial charge is 0.338 e. The molecular formula is C17H15FN2O6. The van der Waals surface area contributed by atoms with Crippen LogP contribution in [-0.4, -0.2) is 30.0 Å². The van der Waals surface area contributed by atoms with Crippen LogP contribution in [-0.2, 0) is 9.53 Å². The Morgan fingerprint density at radius 3 is 2.54 bits per heavy atom. The predicted octanol–water partition coefficient (Wildman–Crippen LogP) is 2.93. The number of ether oxygens (including phenoxy) is 2. The zero-order chi connectivity index (χ0) is 19.3. The number of carbonyl (C=O) groups excluding carboxylic acids is 2. The summed E-state index contributed by atoms with van der Waals surface area (Å²) in [4.78, 5) is 34.1. The normalized spacial score (nSPS) is 11.3. The SMILES string of the molecule is COC(=O)c1ccc(O[C@H](C)C(=O)Nc2ccccc2F)c([N+](=O)[O-])c1. The van der Waals surface area contributed by atoms with E-state index in [1.54, 1.807) is 6.07 Å². The van der Waals surface area contributed by atoms with Crippen molar-refractivity contribution in [2.75, 3.05) is 12.4 Å². The van der Waals surface area contributed by atoms with Gasteiger partial charge in [0.15, 0.2) is 11.9 Å². The number of amides is 1. The van der Waals surface area contributed by atoms with E-state index >= 15 is 0 Å². The first-order valence-corrected chi connectivity index (χ1v) is 7.42. The number of benzene rings is 2. The number of hydrogen-bond donors (Lipinski definition) is 1. The molecule has 0 saturated heterocycles. The van der Waals surface area contributed by atoms with Crippen LogP contribution in [0.4, 0.5) is 15.8 Å².